The molecule has 110 valence electrons. The van der Waals surface area contributed by atoms with Gasteiger partial charge in [-0.15, -0.1) is 0 Å². The van der Waals surface area contributed by atoms with E-state index in [1.165, 1.54) is 0 Å². The van der Waals surface area contributed by atoms with Crippen molar-refractivity contribution in [2.75, 3.05) is 26.3 Å². The van der Waals surface area contributed by atoms with Crippen LogP contribution in [0.2, 0.25) is 0 Å². The molecule has 3 rings (SSSR count). The van der Waals surface area contributed by atoms with Gasteiger partial charge in [0, 0.05) is 18.1 Å². The van der Waals surface area contributed by atoms with E-state index in [1.807, 2.05) is 0 Å². The average molecular weight is 344 g/mol. The Labute approximate surface area is 127 Å². The monoisotopic (exact) mass is 343 g/mol. The van der Waals surface area contributed by atoms with Gasteiger partial charge in [0.05, 0.1) is 17.7 Å². The molecule has 1 N–H and O–H groups in total. The quantitative estimate of drug-likeness (QED) is 0.893. The number of ether oxygens (including phenoxy) is 2. The van der Waals surface area contributed by atoms with Crippen LogP contribution in [-0.4, -0.2) is 26.3 Å². The topological polar surface area (TPSA) is 30.5 Å². The van der Waals surface area contributed by atoms with Gasteiger partial charge in [0.15, 0.2) is 11.5 Å². The summed E-state index contributed by atoms with van der Waals surface area (Å²) in [4.78, 5) is 0. The predicted octanol–water partition coefficient (Wildman–Crippen LogP) is 3.29. The van der Waals surface area contributed by atoms with Gasteiger partial charge < -0.3 is 14.8 Å². The minimum absolute atomic E-state index is 0.208. The molecule has 0 saturated carbocycles. The van der Waals surface area contributed by atoms with Crippen LogP contribution in [-0.2, 0) is 6.42 Å². The molecule has 1 fully saturated rings. The minimum Gasteiger partial charge on any atom is -0.490 e. The molecular formula is C15H19BrFNO2. The van der Waals surface area contributed by atoms with Crippen molar-refractivity contribution in [3.8, 4) is 11.5 Å². The largest absolute Gasteiger partial charge is 0.490 e. The van der Waals surface area contributed by atoms with E-state index >= 15 is 0 Å². The zero-order chi connectivity index (χ0) is 13.9. The number of nitrogens with one attached hydrogen (secondary N) is 1. The van der Waals surface area contributed by atoms with Crippen molar-refractivity contribution in [3.63, 3.8) is 0 Å². The Kier molecular flexibility index (Phi) is 4.46. The molecule has 0 amide bonds. The third-order valence-electron chi connectivity index (χ3n) is 3.91. The zero-order valence-electron chi connectivity index (χ0n) is 11.4. The second-order valence-electron chi connectivity index (χ2n) is 5.45. The van der Waals surface area contributed by atoms with Crippen molar-refractivity contribution < 1.29 is 13.9 Å². The van der Waals surface area contributed by atoms with E-state index in [2.05, 4.69) is 21.2 Å². The van der Waals surface area contributed by atoms with Crippen LogP contribution in [0, 0.1) is 11.7 Å². The van der Waals surface area contributed by atoms with Gasteiger partial charge in [0.25, 0.3) is 0 Å². The molecule has 1 saturated heterocycles. The van der Waals surface area contributed by atoms with Crippen molar-refractivity contribution >= 4 is 15.9 Å². The molecule has 0 aliphatic carbocycles. The van der Waals surface area contributed by atoms with Crippen LogP contribution >= 0.6 is 15.9 Å². The highest BCUT2D eigenvalue weighted by atomic mass is 79.9. The molecule has 1 aromatic carbocycles. The number of hydrogen-bond acceptors (Lipinski definition) is 3. The first-order valence-corrected chi connectivity index (χ1v) is 8.02. The van der Waals surface area contributed by atoms with E-state index in [9.17, 15) is 4.39 Å². The lowest BCUT2D eigenvalue weighted by atomic mass is 9.91. The van der Waals surface area contributed by atoms with E-state index in [4.69, 9.17) is 9.47 Å². The molecule has 1 aromatic rings. The highest BCUT2D eigenvalue weighted by molar-refractivity contribution is 9.10. The first kappa shape index (κ1) is 14.1. The number of fused-ring (bicyclic) bond motifs is 1. The van der Waals surface area contributed by atoms with Gasteiger partial charge in [-0.3, -0.25) is 0 Å². The summed E-state index contributed by atoms with van der Waals surface area (Å²) in [6.07, 6.45) is 3.82. The summed E-state index contributed by atoms with van der Waals surface area (Å²) < 4.78 is 26.4. The normalized spacial score (nSPS) is 22.4. The van der Waals surface area contributed by atoms with E-state index in [-0.39, 0.29) is 5.82 Å². The third-order valence-corrected chi connectivity index (χ3v) is 4.49. The van der Waals surface area contributed by atoms with Gasteiger partial charge in [-0.25, -0.2) is 4.39 Å². The zero-order valence-corrected chi connectivity index (χ0v) is 13.0. The molecule has 3 nitrogen and oxygen atoms in total. The standard InChI is InChI=1S/C15H19BrFNO2/c16-12-8-13-15(20-6-2-5-19-13)11(14(12)17)7-10-3-1-4-18-9-10/h8,10,18H,1-7,9H2. The molecule has 0 aromatic heterocycles. The fourth-order valence-electron chi connectivity index (χ4n) is 2.89. The molecule has 0 spiro atoms. The molecule has 1 unspecified atom stereocenters. The van der Waals surface area contributed by atoms with Gasteiger partial charge in [-0.05, 0) is 54.2 Å². The Morgan fingerprint density at radius 2 is 2.15 bits per heavy atom. The van der Waals surface area contributed by atoms with E-state index in [0.29, 0.717) is 47.1 Å². The first-order chi connectivity index (χ1) is 9.75. The highest BCUT2D eigenvalue weighted by Gasteiger charge is 2.24. The van der Waals surface area contributed by atoms with Crippen LogP contribution < -0.4 is 14.8 Å². The molecule has 0 bridgehead atoms. The summed E-state index contributed by atoms with van der Waals surface area (Å²) in [5, 5.41) is 3.38. The summed E-state index contributed by atoms with van der Waals surface area (Å²) >= 11 is 3.29. The van der Waals surface area contributed by atoms with E-state index < -0.39 is 0 Å². The van der Waals surface area contributed by atoms with Crippen molar-refractivity contribution in [3.05, 3.63) is 21.9 Å². The van der Waals surface area contributed by atoms with E-state index in [1.54, 1.807) is 6.07 Å². The van der Waals surface area contributed by atoms with Gasteiger partial charge in [0.2, 0.25) is 0 Å². The summed E-state index contributed by atoms with van der Waals surface area (Å²) in [6, 6.07) is 1.68. The van der Waals surface area contributed by atoms with Crippen LogP contribution in [0.15, 0.2) is 10.5 Å². The number of halogens is 2. The van der Waals surface area contributed by atoms with Crippen LogP contribution in [0.5, 0.6) is 11.5 Å². The second kappa shape index (κ2) is 6.31. The Balaban J connectivity index is 1.92. The fraction of sp³-hybridized carbons (Fsp3) is 0.600. The lowest BCUT2D eigenvalue weighted by Gasteiger charge is -2.24. The molecule has 1 atom stereocenters. The first-order valence-electron chi connectivity index (χ1n) is 7.23. The van der Waals surface area contributed by atoms with Gasteiger partial charge in [0.1, 0.15) is 5.82 Å². The smallest absolute Gasteiger partial charge is 0.167 e. The molecule has 2 aliphatic heterocycles. The van der Waals surface area contributed by atoms with Crippen LogP contribution in [0.25, 0.3) is 0 Å². The number of piperidine rings is 1. The second-order valence-corrected chi connectivity index (χ2v) is 6.30. The maximum absolute atomic E-state index is 14.5. The van der Waals surface area contributed by atoms with E-state index in [0.717, 1.165) is 32.4 Å². The van der Waals surface area contributed by atoms with Crippen LogP contribution in [0.4, 0.5) is 4.39 Å². The molecule has 20 heavy (non-hydrogen) atoms. The van der Waals surface area contributed by atoms with Crippen LogP contribution in [0.3, 0.4) is 0 Å². The molecule has 0 radical (unpaired) electrons. The van der Waals surface area contributed by atoms with Crippen LogP contribution in [0.1, 0.15) is 24.8 Å². The maximum Gasteiger partial charge on any atom is 0.167 e. The summed E-state index contributed by atoms with van der Waals surface area (Å²) in [5.41, 5.74) is 0.657. The van der Waals surface area contributed by atoms with Crippen molar-refractivity contribution in [2.45, 2.75) is 25.7 Å². The number of benzene rings is 1. The summed E-state index contributed by atoms with van der Waals surface area (Å²) in [7, 11) is 0. The molecule has 5 heteroatoms. The Hall–Kier alpha value is -0.810. The fourth-order valence-corrected chi connectivity index (χ4v) is 3.33. The maximum atomic E-state index is 14.5. The summed E-state index contributed by atoms with van der Waals surface area (Å²) in [5.74, 6) is 1.52. The SMILES string of the molecule is Fc1c(Br)cc2c(c1CC1CCCNC1)OCCCO2. The molecule has 2 heterocycles. The predicted molar refractivity (Wildman–Crippen MR) is 79.0 cm³/mol. The minimum atomic E-state index is -0.208. The van der Waals surface area contributed by atoms with Gasteiger partial charge in [-0.1, -0.05) is 0 Å². The number of hydrogen-bond donors (Lipinski definition) is 1. The lowest BCUT2D eigenvalue weighted by molar-refractivity contribution is 0.294. The Morgan fingerprint density at radius 1 is 1.30 bits per heavy atom. The summed E-state index contributed by atoms with van der Waals surface area (Å²) in [6.45, 7) is 3.22. The highest BCUT2D eigenvalue weighted by Crippen LogP contribution is 2.40. The van der Waals surface area contributed by atoms with Gasteiger partial charge >= 0.3 is 0 Å². The molecule has 2 aliphatic rings. The van der Waals surface area contributed by atoms with Crippen molar-refractivity contribution in [1.29, 1.82) is 0 Å². The third kappa shape index (κ3) is 2.93. The van der Waals surface area contributed by atoms with Gasteiger partial charge in [-0.2, -0.15) is 0 Å². The average Bonchev–Trinajstić information content (AvgIpc) is 2.70. The Bertz CT molecular complexity index is 489. The lowest BCUT2D eigenvalue weighted by Crippen LogP contribution is -2.31. The van der Waals surface area contributed by atoms with Crippen molar-refractivity contribution in [2.24, 2.45) is 5.92 Å². The van der Waals surface area contributed by atoms with Crippen molar-refractivity contribution in [1.82, 2.24) is 5.32 Å². The number of rotatable bonds is 2. The molecular weight excluding hydrogens is 325 g/mol. The Morgan fingerprint density at radius 3 is 2.95 bits per heavy atom.